The van der Waals surface area contributed by atoms with Crippen LogP contribution in [0.2, 0.25) is 0 Å². The van der Waals surface area contributed by atoms with Crippen molar-refractivity contribution in [2.75, 3.05) is 32.5 Å². The average Bonchev–Trinajstić information content (AvgIpc) is 2.47. The predicted octanol–water partition coefficient (Wildman–Crippen LogP) is 1.82. The van der Waals surface area contributed by atoms with Crippen LogP contribution >= 0.6 is 0 Å². The second-order valence-corrected chi connectivity index (χ2v) is 4.86. The normalized spacial score (nSPS) is 10.6. The van der Waals surface area contributed by atoms with E-state index in [-0.39, 0.29) is 5.69 Å². The molecule has 0 spiro atoms. The molecule has 1 aromatic heterocycles. The molecular weight excluding hydrogens is 268 g/mol. The van der Waals surface area contributed by atoms with Crippen molar-refractivity contribution in [3.8, 4) is 11.1 Å². The Kier molecular flexibility index (Phi) is 4.84. The summed E-state index contributed by atoms with van der Waals surface area (Å²) in [5, 5.41) is 12.4. The molecule has 0 unspecified atom stereocenters. The SMILES string of the molecule is CN(C)CCNc1ncc(-c2ccccc2)c(C(=O)O)n1. The standard InChI is InChI=1S/C15H18N4O2/c1-19(2)9-8-16-15-17-10-12(13(18-15)14(20)21)11-6-4-3-5-7-11/h3-7,10H,8-9H2,1-2H3,(H,20,21)(H,16,17,18). The Morgan fingerprint density at radius 1 is 1.29 bits per heavy atom. The fraction of sp³-hybridized carbons (Fsp3) is 0.267. The Morgan fingerprint density at radius 2 is 2.00 bits per heavy atom. The maximum absolute atomic E-state index is 11.4. The van der Waals surface area contributed by atoms with E-state index in [9.17, 15) is 9.90 Å². The van der Waals surface area contributed by atoms with E-state index in [1.807, 2.05) is 49.3 Å². The summed E-state index contributed by atoms with van der Waals surface area (Å²) >= 11 is 0. The van der Waals surface area contributed by atoms with Crippen molar-refractivity contribution in [3.63, 3.8) is 0 Å². The number of benzene rings is 1. The highest BCUT2D eigenvalue weighted by molar-refractivity contribution is 5.94. The molecule has 0 saturated carbocycles. The van der Waals surface area contributed by atoms with E-state index in [1.54, 1.807) is 6.20 Å². The molecular formula is C15H18N4O2. The number of anilines is 1. The molecule has 2 aromatic rings. The topological polar surface area (TPSA) is 78.4 Å². The summed E-state index contributed by atoms with van der Waals surface area (Å²) in [5.74, 6) is -0.735. The van der Waals surface area contributed by atoms with E-state index in [2.05, 4.69) is 15.3 Å². The van der Waals surface area contributed by atoms with Gasteiger partial charge < -0.3 is 15.3 Å². The molecule has 0 aliphatic heterocycles. The summed E-state index contributed by atoms with van der Waals surface area (Å²) in [7, 11) is 3.92. The lowest BCUT2D eigenvalue weighted by molar-refractivity contribution is 0.0691. The van der Waals surface area contributed by atoms with Gasteiger partial charge in [-0.3, -0.25) is 0 Å². The summed E-state index contributed by atoms with van der Waals surface area (Å²) in [6.45, 7) is 1.46. The van der Waals surface area contributed by atoms with Crippen molar-refractivity contribution < 1.29 is 9.90 Å². The molecule has 21 heavy (non-hydrogen) atoms. The highest BCUT2D eigenvalue weighted by atomic mass is 16.4. The average molecular weight is 286 g/mol. The predicted molar refractivity (Wildman–Crippen MR) is 81.5 cm³/mol. The van der Waals surface area contributed by atoms with Crippen molar-refractivity contribution in [2.24, 2.45) is 0 Å². The maximum Gasteiger partial charge on any atom is 0.355 e. The number of carboxylic acid groups (broad SMARTS) is 1. The first-order valence-corrected chi connectivity index (χ1v) is 6.62. The van der Waals surface area contributed by atoms with Gasteiger partial charge in [0.2, 0.25) is 5.95 Å². The third kappa shape index (κ3) is 4.00. The monoisotopic (exact) mass is 286 g/mol. The van der Waals surface area contributed by atoms with Gasteiger partial charge in [-0.1, -0.05) is 30.3 Å². The van der Waals surface area contributed by atoms with E-state index >= 15 is 0 Å². The Bertz CT molecular complexity index is 614. The largest absolute Gasteiger partial charge is 0.476 e. The zero-order chi connectivity index (χ0) is 15.2. The maximum atomic E-state index is 11.4. The molecule has 6 heteroatoms. The quantitative estimate of drug-likeness (QED) is 0.843. The fourth-order valence-corrected chi connectivity index (χ4v) is 1.85. The highest BCUT2D eigenvalue weighted by Crippen LogP contribution is 2.22. The fourth-order valence-electron chi connectivity index (χ4n) is 1.85. The minimum Gasteiger partial charge on any atom is -0.476 e. The van der Waals surface area contributed by atoms with Gasteiger partial charge in [0.15, 0.2) is 5.69 Å². The zero-order valence-corrected chi connectivity index (χ0v) is 12.1. The molecule has 0 amide bonds. The summed E-state index contributed by atoms with van der Waals surface area (Å²) in [5.41, 5.74) is 1.31. The van der Waals surface area contributed by atoms with Gasteiger partial charge >= 0.3 is 5.97 Å². The third-order valence-corrected chi connectivity index (χ3v) is 2.92. The smallest absolute Gasteiger partial charge is 0.355 e. The van der Waals surface area contributed by atoms with E-state index in [0.717, 1.165) is 12.1 Å². The van der Waals surface area contributed by atoms with Crippen molar-refractivity contribution in [1.29, 1.82) is 0 Å². The molecule has 0 bridgehead atoms. The molecule has 6 nitrogen and oxygen atoms in total. The summed E-state index contributed by atoms with van der Waals surface area (Å²) in [4.78, 5) is 21.7. The first-order chi connectivity index (χ1) is 10.1. The van der Waals surface area contributed by atoms with Gasteiger partial charge in [-0.2, -0.15) is 0 Å². The van der Waals surface area contributed by atoms with Crippen LogP contribution in [0.15, 0.2) is 36.5 Å². The number of nitrogens with one attached hydrogen (secondary N) is 1. The molecule has 1 heterocycles. The summed E-state index contributed by atoms with van der Waals surface area (Å²) in [6.07, 6.45) is 1.55. The van der Waals surface area contributed by atoms with Gasteiger partial charge in [-0.25, -0.2) is 14.8 Å². The van der Waals surface area contributed by atoms with E-state index in [4.69, 9.17) is 0 Å². The van der Waals surface area contributed by atoms with E-state index in [1.165, 1.54) is 0 Å². The molecule has 2 N–H and O–H groups in total. The number of carboxylic acids is 1. The lowest BCUT2D eigenvalue weighted by atomic mass is 10.1. The van der Waals surface area contributed by atoms with E-state index in [0.29, 0.717) is 18.1 Å². The first kappa shape index (κ1) is 14.9. The van der Waals surface area contributed by atoms with Crippen LogP contribution in [0, 0.1) is 0 Å². The van der Waals surface area contributed by atoms with Gasteiger partial charge in [-0.05, 0) is 19.7 Å². The lowest BCUT2D eigenvalue weighted by Crippen LogP contribution is -2.22. The van der Waals surface area contributed by atoms with Crippen LogP contribution in [-0.4, -0.2) is 53.1 Å². The minimum atomic E-state index is -1.06. The third-order valence-electron chi connectivity index (χ3n) is 2.92. The van der Waals surface area contributed by atoms with Gasteiger partial charge in [0.05, 0.1) is 0 Å². The lowest BCUT2D eigenvalue weighted by Gasteiger charge is -2.11. The number of nitrogens with zero attached hydrogens (tertiary/aromatic N) is 3. The van der Waals surface area contributed by atoms with Crippen LogP contribution in [0.3, 0.4) is 0 Å². The Morgan fingerprint density at radius 3 is 2.62 bits per heavy atom. The van der Waals surface area contributed by atoms with Crippen LogP contribution in [0.25, 0.3) is 11.1 Å². The Balaban J connectivity index is 2.26. The molecule has 110 valence electrons. The summed E-state index contributed by atoms with van der Waals surface area (Å²) in [6, 6.07) is 9.25. The molecule has 1 aromatic carbocycles. The highest BCUT2D eigenvalue weighted by Gasteiger charge is 2.15. The zero-order valence-electron chi connectivity index (χ0n) is 12.1. The molecule has 0 aliphatic rings. The molecule has 0 atom stereocenters. The van der Waals surface area contributed by atoms with Crippen LogP contribution in [0.4, 0.5) is 5.95 Å². The number of hydrogen-bond acceptors (Lipinski definition) is 5. The number of likely N-dealkylation sites (N-methyl/N-ethyl adjacent to an activating group) is 1. The Labute approximate surface area is 123 Å². The number of carbonyl (C=O) groups is 1. The second kappa shape index (κ2) is 6.81. The number of hydrogen-bond donors (Lipinski definition) is 2. The number of aromatic carboxylic acids is 1. The Hall–Kier alpha value is -2.47. The molecule has 2 rings (SSSR count). The van der Waals surface area contributed by atoms with Gasteiger partial charge in [0, 0.05) is 24.8 Å². The van der Waals surface area contributed by atoms with Gasteiger partial charge in [0.25, 0.3) is 0 Å². The molecule has 0 fully saturated rings. The van der Waals surface area contributed by atoms with Crippen molar-refractivity contribution in [3.05, 3.63) is 42.2 Å². The van der Waals surface area contributed by atoms with Crippen LogP contribution in [0.5, 0.6) is 0 Å². The molecule has 0 aliphatic carbocycles. The van der Waals surface area contributed by atoms with Crippen LogP contribution in [-0.2, 0) is 0 Å². The van der Waals surface area contributed by atoms with Crippen LogP contribution < -0.4 is 5.32 Å². The number of rotatable bonds is 6. The molecule has 0 saturated heterocycles. The van der Waals surface area contributed by atoms with Gasteiger partial charge in [-0.15, -0.1) is 0 Å². The second-order valence-electron chi connectivity index (χ2n) is 4.86. The minimum absolute atomic E-state index is 0.00329. The van der Waals surface area contributed by atoms with Crippen molar-refractivity contribution in [2.45, 2.75) is 0 Å². The van der Waals surface area contributed by atoms with Crippen molar-refractivity contribution >= 4 is 11.9 Å². The first-order valence-electron chi connectivity index (χ1n) is 6.62. The van der Waals surface area contributed by atoms with E-state index < -0.39 is 5.97 Å². The van der Waals surface area contributed by atoms with Crippen molar-refractivity contribution in [1.82, 2.24) is 14.9 Å². The summed E-state index contributed by atoms with van der Waals surface area (Å²) < 4.78 is 0. The van der Waals surface area contributed by atoms with Crippen LogP contribution in [0.1, 0.15) is 10.5 Å². The number of aromatic nitrogens is 2. The van der Waals surface area contributed by atoms with Gasteiger partial charge in [0.1, 0.15) is 0 Å². The molecule has 0 radical (unpaired) electrons.